The minimum Gasteiger partial charge on any atom is -0.388 e. The molecule has 0 saturated heterocycles. The van der Waals surface area contributed by atoms with Crippen LogP contribution in [-0.4, -0.2) is 19.6 Å². The number of hydrogen-bond acceptors (Lipinski definition) is 4. The first-order valence-electron chi connectivity index (χ1n) is 7.65. The van der Waals surface area contributed by atoms with Gasteiger partial charge in [-0.05, 0) is 18.1 Å². The summed E-state index contributed by atoms with van der Waals surface area (Å²) in [6.45, 7) is 2.05. The lowest BCUT2D eigenvalue weighted by Crippen LogP contribution is -2.02. The van der Waals surface area contributed by atoms with Crippen LogP contribution in [0.15, 0.2) is 36.5 Å². The van der Waals surface area contributed by atoms with Crippen LogP contribution < -0.4 is 0 Å². The molecule has 0 bridgehead atoms. The van der Waals surface area contributed by atoms with E-state index in [1.54, 1.807) is 12.3 Å². The lowest BCUT2D eigenvalue weighted by atomic mass is 9.99. The van der Waals surface area contributed by atoms with Crippen molar-refractivity contribution in [2.24, 2.45) is 7.05 Å². The summed E-state index contributed by atoms with van der Waals surface area (Å²) in [6.07, 6.45) is 2.65. The predicted molar refractivity (Wildman–Crippen MR) is 88.5 cm³/mol. The van der Waals surface area contributed by atoms with E-state index in [-0.39, 0.29) is 0 Å². The number of rotatable bonds is 4. The molecule has 1 aromatic carbocycles. The number of fused-ring (bicyclic) bond motifs is 1. The van der Waals surface area contributed by atoms with Gasteiger partial charge in [0.25, 0.3) is 0 Å². The van der Waals surface area contributed by atoms with Gasteiger partial charge < -0.3 is 9.67 Å². The third kappa shape index (κ3) is 2.69. The molecule has 116 valence electrons. The summed E-state index contributed by atoms with van der Waals surface area (Å²) >= 11 is 0. The Morgan fingerprint density at radius 2 is 2.13 bits per heavy atom. The molecule has 1 atom stereocenters. The quantitative estimate of drug-likeness (QED) is 0.802. The van der Waals surface area contributed by atoms with Crippen LogP contribution in [0.2, 0.25) is 0 Å². The molecule has 0 aliphatic rings. The highest BCUT2D eigenvalue weighted by molar-refractivity contribution is 5.79. The van der Waals surface area contributed by atoms with E-state index in [0.29, 0.717) is 17.5 Å². The van der Waals surface area contributed by atoms with Gasteiger partial charge >= 0.3 is 0 Å². The zero-order chi connectivity index (χ0) is 16.4. The summed E-state index contributed by atoms with van der Waals surface area (Å²) < 4.78 is 1.90. The molecule has 2 heterocycles. The molecule has 3 rings (SSSR count). The highest BCUT2D eigenvalue weighted by Gasteiger charge is 2.18. The first kappa shape index (κ1) is 15.2. The van der Waals surface area contributed by atoms with Gasteiger partial charge in [-0.2, -0.15) is 5.26 Å². The largest absolute Gasteiger partial charge is 0.388 e. The molecular weight excluding hydrogens is 288 g/mol. The van der Waals surface area contributed by atoms with Crippen molar-refractivity contribution in [1.29, 1.82) is 5.26 Å². The topological polar surface area (TPSA) is 74.7 Å². The third-order valence-electron chi connectivity index (χ3n) is 3.96. The SMILES string of the molecule is CCCC(O)c1ccccc1-c1nc2cc(C#N)cnc2n1C. The van der Waals surface area contributed by atoms with E-state index >= 15 is 0 Å². The van der Waals surface area contributed by atoms with Gasteiger partial charge in [0, 0.05) is 18.8 Å². The van der Waals surface area contributed by atoms with Gasteiger partial charge in [-0.15, -0.1) is 0 Å². The van der Waals surface area contributed by atoms with Crippen LogP contribution in [0.25, 0.3) is 22.6 Å². The van der Waals surface area contributed by atoms with Crippen molar-refractivity contribution in [2.75, 3.05) is 0 Å². The van der Waals surface area contributed by atoms with Crippen molar-refractivity contribution in [1.82, 2.24) is 14.5 Å². The Kier molecular flexibility index (Phi) is 4.09. The van der Waals surface area contributed by atoms with E-state index in [9.17, 15) is 5.11 Å². The highest BCUT2D eigenvalue weighted by Crippen LogP contribution is 2.31. The molecule has 5 heteroatoms. The zero-order valence-corrected chi connectivity index (χ0v) is 13.2. The number of benzene rings is 1. The molecule has 0 aliphatic heterocycles. The fraction of sp³-hybridized carbons (Fsp3) is 0.278. The molecule has 0 amide bonds. The Morgan fingerprint density at radius 1 is 1.35 bits per heavy atom. The maximum Gasteiger partial charge on any atom is 0.160 e. The molecule has 2 aromatic heterocycles. The molecule has 0 fully saturated rings. The van der Waals surface area contributed by atoms with Gasteiger partial charge in [0.15, 0.2) is 5.65 Å². The van der Waals surface area contributed by atoms with Gasteiger partial charge in [-0.3, -0.25) is 0 Å². The van der Waals surface area contributed by atoms with Gasteiger partial charge in [-0.1, -0.05) is 37.6 Å². The zero-order valence-electron chi connectivity index (χ0n) is 13.2. The number of imidazole rings is 1. The van der Waals surface area contributed by atoms with Gasteiger partial charge in [0.2, 0.25) is 0 Å². The Balaban J connectivity index is 2.18. The fourth-order valence-electron chi connectivity index (χ4n) is 2.80. The number of aryl methyl sites for hydroxylation is 1. The second-order valence-corrected chi connectivity index (χ2v) is 5.56. The number of hydrogen-bond donors (Lipinski definition) is 1. The Morgan fingerprint density at radius 3 is 2.87 bits per heavy atom. The van der Waals surface area contributed by atoms with Crippen molar-refractivity contribution in [2.45, 2.75) is 25.9 Å². The molecule has 1 unspecified atom stereocenters. The smallest absolute Gasteiger partial charge is 0.160 e. The first-order valence-corrected chi connectivity index (χ1v) is 7.65. The molecule has 3 aromatic rings. The Labute approximate surface area is 134 Å². The minimum absolute atomic E-state index is 0.487. The molecular formula is C18H18N4O. The van der Waals surface area contributed by atoms with E-state index in [1.807, 2.05) is 42.8 Å². The summed E-state index contributed by atoms with van der Waals surface area (Å²) in [6, 6.07) is 11.6. The van der Waals surface area contributed by atoms with Crippen LogP contribution in [0.3, 0.4) is 0 Å². The standard InChI is InChI=1S/C18H18N4O/c1-3-6-16(23)13-7-4-5-8-14(13)17-21-15-9-12(10-19)11-20-18(15)22(17)2/h4-5,7-9,11,16,23H,3,6H2,1-2H3. The number of aliphatic hydroxyl groups excluding tert-OH is 1. The first-order chi connectivity index (χ1) is 11.2. The third-order valence-corrected chi connectivity index (χ3v) is 3.96. The van der Waals surface area contributed by atoms with Crippen molar-refractivity contribution in [3.05, 3.63) is 47.7 Å². The molecule has 0 spiro atoms. The summed E-state index contributed by atoms with van der Waals surface area (Å²) in [4.78, 5) is 8.96. The number of nitrogens with zero attached hydrogens (tertiary/aromatic N) is 4. The molecule has 1 N–H and O–H groups in total. The van der Waals surface area contributed by atoms with Crippen LogP contribution >= 0.6 is 0 Å². The molecule has 23 heavy (non-hydrogen) atoms. The predicted octanol–water partition coefficient (Wildman–Crippen LogP) is 3.34. The van der Waals surface area contributed by atoms with Crippen LogP contribution in [0, 0.1) is 11.3 Å². The summed E-state index contributed by atoms with van der Waals surface area (Å²) in [5, 5.41) is 19.4. The van der Waals surface area contributed by atoms with Crippen molar-refractivity contribution < 1.29 is 5.11 Å². The normalized spacial score (nSPS) is 12.3. The number of aromatic nitrogens is 3. The van der Waals surface area contributed by atoms with Gasteiger partial charge in [0.05, 0.1) is 11.7 Å². The molecule has 0 aliphatic carbocycles. The number of aliphatic hydroxyl groups is 1. The van der Waals surface area contributed by atoms with E-state index in [2.05, 4.69) is 16.0 Å². The lowest BCUT2D eigenvalue weighted by Gasteiger charge is -2.14. The van der Waals surface area contributed by atoms with Gasteiger partial charge in [0.1, 0.15) is 17.4 Å². The van der Waals surface area contributed by atoms with Crippen LogP contribution in [0.5, 0.6) is 0 Å². The minimum atomic E-state index is -0.515. The van der Waals surface area contributed by atoms with Gasteiger partial charge in [-0.25, -0.2) is 9.97 Å². The summed E-state index contributed by atoms with van der Waals surface area (Å²) in [5.41, 5.74) is 3.65. The van der Waals surface area contributed by atoms with Crippen LogP contribution in [0.1, 0.15) is 37.0 Å². The summed E-state index contributed by atoms with van der Waals surface area (Å²) in [7, 11) is 1.90. The van der Waals surface area contributed by atoms with Crippen LogP contribution in [0.4, 0.5) is 0 Å². The highest BCUT2D eigenvalue weighted by atomic mass is 16.3. The molecule has 5 nitrogen and oxygen atoms in total. The van der Waals surface area contributed by atoms with Crippen molar-refractivity contribution >= 4 is 11.2 Å². The average Bonchev–Trinajstić information content (AvgIpc) is 2.91. The fourth-order valence-corrected chi connectivity index (χ4v) is 2.80. The average molecular weight is 306 g/mol. The monoisotopic (exact) mass is 306 g/mol. The summed E-state index contributed by atoms with van der Waals surface area (Å²) in [5.74, 6) is 0.744. The number of pyridine rings is 1. The second kappa shape index (κ2) is 6.19. The van der Waals surface area contributed by atoms with E-state index < -0.39 is 6.10 Å². The van der Waals surface area contributed by atoms with E-state index in [0.717, 1.165) is 29.0 Å². The maximum absolute atomic E-state index is 10.4. The second-order valence-electron chi connectivity index (χ2n) is 5.56. The Bertz CT molecular complexity index is 892. The Hall–Kier alpha value is -2.71. The van der Waals surface area contributed by atoms with Crippen molar-refractivity contribution in [3.63, 3.8) is 0 Å². The van der Waals surface area contributed by atoms with E-state index in [4.69, 9.17) is 5.26 Å². The molecule has 0 saturated carbocycles. The maximum atomic E-state index is 10.4. The number of nitriles is 1. The van der Waals surface area contributed by atoms with Crippen LogP contribution in [-0.2, 0) is 7.05 Å². The molecule has 0 radical (unpaired) electrons. The van der Waals surface area contributed by atoms with Crippen molar-refractivity contribution in [3.8, 4) is 17.5 Å². The lowest BCUT2D eigenvalue weighted by molar-refractivity contribution is 0.167. The van der Waals surface area contributed by atoms with E-state index in [1.165, 1.54) is 0 Å².